The lowest BCUT2D eigenvalue weighted by Gasteiger charge is -2.37. The molecule has 6 heteroatoms. The predicted octanol–water partition coefficient (Wildman–Crippen LogP) is 4.54. The van der Waals surface area contributed by atoms with Gasteiger partial charge >= 0.3 is 0 Å². The second-order valence-electron chi connectivity index (χ2n) is 5.22. The molecule has 1 aliphatic rings. The van der Waals surface area contributed by atoms with E-state index in [1.54, 1.807) is 24.5 Å². The van der Waals surface area contributed by atoms with Crippen molar-refractivity contribution in [1.29, 1.82) is 0 Å². The summed E-state index contributed by atoms with van der Waals surface area (Å²) in [6.45, 7) is 1.86. The largest absolute Gasteiger partial charge is 0.440 e. The molecule has 1 fully saturated rings. The number of oxazole rings is 1. The smallest absolute Gasteiger partial charge is 0.248 e. The highest BCUT2D eigenvalue weighted by Gasteiger charge is 2.48. The zero-order chi connectivity index (χ0) is 14.3. The van der Waals surface area contributed by atoms with E-state index in [2.05, 4.69) is 9.97 Å². The molecule has 0 aliphatic heterocycles. The summed E-state index contributed by atoms with van der Waals surface area (Å²) in [5, 5.41) is 0.332. The molecule has 0 radical (unpaired) electrons. The van der Waals surface area contributed by atoms with Crippen LogP contribution in [0.5, 0.6) is 0 Å². The van der Waals surface area contributed by atoms with Gasteiger partial charge in [0, 0.05) is 25.0 Å². The van der Waals surface area contributed by atoms with Gasteiger partial charge in [-0.05, 0) is 18.1 Å². The summed E-state index contributed by atoms with van der Waals surface area (Å²) in [5.41, 5.74) is 0.652. The van der Waals surface area contributed by atoms with E-state index in [0.29, 0.717) is 22.4 Å². The Bertz CT molecular complexity index is 621. The van der Waals surface area contributed by atoms with Crippen molar-refractivity contribution >= 4 is 11.6 Å². The molecule has 2 aromatic rings. The summed E-state index contributed by atoms with van der Waals surface area (Å²) in [6.07, 6.45) is 2.95. The van der Waals surface area contributed by atoms with E-state index in [9.17, 15) is 8.78 Å². The predicted molar refractivity (Wildman–Crippen MR) is 70.8 cm³/mol. The molecule has 0 saturated heterocycles. The van der Waals surface area contributed by atoms with Crippen LogP contribution in [0.4, 0.5) is 8.78 Å². The van der Waals surface area contributed by atoms with Gasteiger partial charge in [0.2, 0.25) is 5.92 Å². The van der Waals surface area contributed by atoms with E-state index in [0.717, 1.165) is 0 Å². The van der Waals surface area contributed by atoms with Gasteiger partial charge < -0.3 is 4.42 Å². The number of hydrogen-bond donors (Lipinski definition) is 0. The summed E-state index contributed by atoms with van der Waals surface area (Å²) in [6, 6.07) is 3.53. The molecular formula is C14H13ClF2N2O. The number of hydrogen-bond acceptors (Lipinski definition) is 3. The first-order valence-corrected chi connectivity index (χ1v) is 6.78. The van der Waals surface area contributed by atoms with Crippen LogP contribution in [0.2, 0.25) is 5.15 Å². The van der Waals surface area contributed by atoms with Crippen LogP contribution in [0.3, 0.4) is 0 Å². The molecule has 2 aromatic heterocycles. The molecule has 20 heavy (non-hydrogen) atoms. The summed E-state index contributed by atoms with van der Waals surface area (Å²) in [7, 11) is 0. The van der Waals surface area contributed by atoms with Crippen LogP contribution in [-0.4, -0.2) is 15.9 Å². The highest BCUT2D eigenvalue weighted by Crippen LogP contribution is 2.49. The molecular weight excluding hydrogens is 286 g/mol. The summed E-state index contributed by atoms with van der Waals surface area (Å²) >= 11 is 5.99. The van der Waals surface area contributed by atoms with Crippen LogP contribution in [0.15, 0.2) is 28.9 Å². The molecule has 0 bridgehead atoms. The minimum absolute atomic E-state index is 0.0825. The van der Waals surface area contributed by atoms with Gasteiger partial charge in [-0.1, -0.05) is 18.5 Å². The first-order chi connectivity index (χ1) is 9.46. The first-order valence-electron chi connectivity index (χ1n) is 6.41. The van der Waals surface area contributed by atoms with Gasteiger partial charge in [0.25, 0.3) is 0 Å². The van der Waals surface area contributed by atoms with E-state index in [1.807, 2.05) is 6.92 Å². The molecule has 0 aromatic carbocycles. The van der Waals surface area contributed by atoms with Crippen molar-refractivity contribution in [2.24, 2.45) is 5.92 Å². The van der Waals surface area contributed by atoms with Crippen LogP contribution >= 0.6 is 11.6 Å². The number of nitrogens with zero attached hydrogens (tertiary/aromatic N) is 2. The quantitative estimate of drug-likeness (QED) is 0.781. The highest BCUT2D eigenvalue weighted by molar-refractivity contribution is 6.31. The molecule has 3 nitrogen and oxygen atoms in total. The molecule has 3 rings (SSSR count). The Hall–Kier alpha value is -1.49. The first kappa shape index (κ1) is 13.5. The second-order valence-corrected chi connectivity index (χ2v) is 5.58. The number of halogens is 3. The Morgan fingerprint density at radius 2 is 2.15 bits per heavy atom. The number of pyridine rings is 1. The molecule has 0 spiro atoms. The lowest BCUT2D eigenvalue weighted by Crippen LogP contribution is -2.38. The topological polar surface area (TPSA) is 38.9 Å². The van der Waals surface area contributed by atoms with Crippen molar-refractivity contribution in [3.63, 3.8) is 0 Å². The van der Waals surface area contributed by atoms with E-state index < -0.39 is 5.92 Å². The van der Waals surface area contributed by atoms with Crippen LogP contribution in [0, 0.1) is 5.92 Å². The van der Waals surface area contributed by atoms with Crippen LogP contribution in [0.25, 0.3) is 11.3 Å². The van der Waals surface area contributed by atoms with Gasteiger partial charge in [-0.15, -0.1) is 0 Å². The van der Waals surface area contributed by atoms with E-state index in [4.69, 9.17) is 16.0 Å². The molecule has 106 valence electrons. The number of aromatic nitrogens is 2. The molecule has 1 saturated carbocycles. The van der Waals surface area contributed by atoms with Crippen LogP contribution in [0.1, 0.15) is 31.6 Å². The Balaban J connectivity index is 1.79. The fourth-order valence-electron chi connectivity index (χ4n) is 2.46. The summed E-state index contributed by atoms with van der Waals surface area (Å²) in [4.78, 5) is 8.16. The van der Waals surface area contributed by atoms with E-state index >= 15 is 0 Å². The molecule has 2 heterocycles. The minimum Gasteiger partial charge on any atom is -0.440 e. The molecule has 0 N–H and O–H groups in total. The average Bonchev–Trinajstić information content (AvgIpc) is 2.85. The maximum Gasteiger partial charge on any atom is 0.248 e. The Morgan fingerprint density at radius 3 is 2.80 bits per heavy atom. The molecule has 0 amide bonds. The van der Waals surface area contributed by atoms with Crippen molar-refractivity contribution in [2.45, 2.75) is 31.6 Å². The van der Waals surface area contributed by atoms with Crippen LogP contribution in [-0.2, 0) is 0 Å². The monoisotopic (exact) mass is 298 g/mol. The van der Waals surface area contributed by atoms with Gasteiger partial charge in [0.05, 0.1) is 11.8 Å². The Labute approximate surface area is 120 Å². The number of alkyl halides is 2. The SMILES string of the molecule is CC(c1ncc(-c2cccnc2Cl)o1)C1CC(F)(F)C1. The van der Waals surface area contributed by atoms with Gasteiger partial charge in [-0.25, -0.2) is 18.7 Å². The Morgan fingerprint density at radius 1 is 1.40 bits per heavy atom. The third kappa shape index (κ3) is 2.42. The van der Waals surface area contributed by atoms with Gasteiger partial charge in [-0.2, -0.15) is 0 Å². The van der Waals surface area contributed by atoms with Gasteiger partial charge in [-0.3, -0.25) is 0 Å². The standard InChI is InChI=1S/C14H13ClF2N2O/c1-8(9-5-14(16,17)6-9)13-19-7-11(20-13)10-3-2-4-18-12(10)15/h2-4,7-9H,5-6H2,1H3. The van der Waals surface area contributed by atoms with Crippen molar-refractivity contribution in [2.75, 3.05) is 0 Å². The van der Waals surface area contributed by atoms with Crippen molar-refractivity contribution < 1.29 is 13.2 Å². The molecule has 1 atom stereocenters. The lowest BCUT2D eigenvalue weighted by atomic mass is 9.74. The van der Waals surface area contributed by atoms with E-state index in [1.165, 1.54) is 0 Å². The zero-order valence-corrected chi connectivity index (χ0v) is 11.6. The van der Waals surface area contributed by atoms with Crippen molar-refractivity contribution in [3.8, 4) is 11.3 Å². The summed E-state index contributed by atoms with van der Waals surface area (Å²) < 4.78 is 31.5. The zero-order valence-electron chi connectivity index (χ0n) is 10.8. The van der Waals surface area contributed by atoms with Crippen molar-refractivity contribution in [3.05, 3.63) is 35.6 Å². The van der Waals surface area contributed by atoms with Crippen LogP contribution < -0.4 is 0 Å². The fourth-order valence-corrected chi connectivity index (χ4v) is 2.67. The second kappa shape index (κ2) is 4.81. The molecule has 1 unspecified atom stereocenters. The summed E-state index contributed by atoms with van der Waals surface area (Å²) in [5.74, 6) is -1.75. The third-order valence-corrected chi connectivity index (χ3v) is 4.07. The van der Waals surface area contributed by atoms with Crippen molar-refractivity contribution in [1.82, 2.24) is 9.97 Å². The van der Waals surface area contributed by atoms with Gasteiger partial charge in [0.15, 0.2) is 11.7 Å². The van der Waals surface area contributed by atoms with E-state index in [-0.39, 0.29) is 24.7 Å². The Kier molecular flexibility index (Phi) is 3.24. The fraction of sp³-hybridized carbons (Fsp3) is 0.429. The van der Waals surface area contributed by atoms with Gasteiger partial charge in [0.1, 0.15) is 5.15 Å². The maximum atomic E-state index is 12.9. The highest BCUT2D eigenvalue weighted by atomic mass is 35.5. The third-order valence-electron chi connectivity index (χ3n) is 3.77. The average molecular weight is 299 g/mol. The lowest BCUT2D eigenvalue weighted by molar-refractivity contribution is -0.117. The maximum absolute atomic E-state index is 12.9. The minimum atomic E-state index is -2.53. The molecule has 1 aliphatic carbocycles. The normalized spacial score (nSPS) is 19.6. The number of rotatable bonds is 3.